The zero-order chi connectivity index (χ0) is 23.5. The summed E-state index contributed by atoms with van der Waals surface area (Å²) in [5.74, 6) is -0.824. The molecule has 31 heavy (non-hydrogen) atoms. The molecule has 0 unspecified atom stereocenters. The van der Waals surface area contributed by atoms with Crippen molar-refractivity contribution in [3.05, 3.63) is 51.3 Å². The fourth-order valence-electron chi connectivity index (χ4n) is 3.83. The molecule has 168 valence electrons. The van der Waals surface area contributed by atoms with Crippen molar-refractivity contribution in [1.29, 1.82) is 0 Å². The lowest BCUT2D eigenvalue weighted by atomic mass is 10.0. The lowest BCUT2D eigenvalue weighted by Crippen LogP contribution is -2.41. The van der Waals surface area contributed by atoms with E-state index >= 15 is 0 Å². The van der Waals surface area contributed by atoms with Crippen LogP contribution in [0.4, 0.5) is 5.69 Å². The van der Waals surface area contributed by atoms with Crippen LogP contribution in [0, 0.1) is 34.6 Å². The first kappa shape index (κ1) is 24.3. The van der Waals surface area contributed by atoms with Gasteiger partial charge in [-0.25, -0.2) is 4.79 Å². The summed E-state index contributed by atoms with van der Waals surface area (Å²) in [7, 11) is 1.73. The second-order valence-electron chi connectivity index (χ2n) is 8.12. The number of likely N-dealkylation sites (N-methyl/N-ethyl adjacent to an activating group) is 1. The lowest BCUT2D eigenvalue weighted by molar-refractivity contribution is -0.117. The number of carbonyl (C=O) groups is 3. The number of ketones is 1. The minimum absolute atomic E-state index is 0.0587. The minimum atomic E-state index is -0.558. The molecule has 1 amide bonds. The maximum absolute atomic E-state index is 13.1. The molecule has 0 spiro atoms. The predicted molar refractivity (Wildman–Crippen MR) is 122 cm³/mol. The number of amides is 1. The van der Waals surface area contributed by atoms with Crippen LogP contribution in [-0.4, -0.2) is 53.8 Å². The Bertz CT molecular complexity index is 983. The maximum Gasteiger partial charge on any atom is 0.340 e. The number of aryl methyl sites for hydroxylation is 4. The highest BCUT2D eigenvalue weighted by Gasteiger charge is 2.28. The van der Waals surface area contributed by atoms with Crippen molar-refractivity contribution in [2.24, 2.45) is 0 Å². The zero-order valence-electron chi connectivity index (χ0n) is 19.7. The molecule has 7 heteroatoms. The Morgan fingerprint density at radius 3 is 2.23 bits per heavy atom. The molecule has 0 saturated heterocycles. The van der Waals surface area contributed by atoms with Crippen LogP contribution in [-0.2, 0) is 9.53 Å². The molecule has 0 saturated carbocycles. The van der Waals surface area contributed by atoms with E-state index in [0.29, 0.717) is 22.5 Å². The van der Waals surface area contributed by atoms with Gasteiger partial charge in [-0.05, 0) is 72.2 Å². The monoisotopic (exact) mass is 427 g/mol. The molecule has 1 atom stereocenters. The number of Topliss-reactive ketones (excluding diaryl/α,β-unsaturated/α-hetero) is 1. The van der Waals surface area contributed by atoms with Crippen LogP contribution in [0.25, 0.3) is 0 Å². The summed E-state index contributed by atoms with van der Waals surface area (Å²) in [6, 6.07) is 3.49. The van der Waals surface area contributed by atoms with E-state index in [4.69, 9.17) is 4.74 Å². The van der Waals surface area contributed by atoms with Gasteiger partial charge in [0.15, 0.2) is 5.78 Å². The third kappa shape index (κ3) is 5.41. The summed E-state index contributed by atoms with van der Waals surface area (Å²) >= 11 is 0. The number of carbonyl (C=O) groups excluding carboxylic acids is 3. The van der Waals surface area contributed by atoms with Crippen molar-refractivity contribution in [3.63, 3.8) is 0 Å². The van der Waals surface area contributed by atoms with Gasteiger partial charge in [-0.15, -0.1) is 0 Å². The second kappa shape index (κ2) is 9.92. The average Bonchev–Trinajstić information content (AvgIpc) is 2.97. The molecule has 0 aliphatic rings. The van der Waals surface area contributed by atoms with Crippen molar-refractivity contribution >= 4 is 23.3 Å². The molecule has 0 bridgehead atoms. The van der Waals surface area contributed by atoms with Gasteiger partial charge < -0.3 is 15.0 Å². The zero-order valence-corrected chi connectivity index (χ0v) is 19.7. The Morgan fingerprint density at radius 2 is 1.68 bits per heavy atom. The summed E-state index contributed by atoms with van der Waals surface area (Å²) in [5, 5.41) is 2.96. The number of anilines is 1. The Kier molecular flexibility index (Phi) is 7.79. The average molecular weight is 428 g/mol. The topological polar surface area (TPSA) is 91.5 Å². The molecule has 0 aliphatic heterocycles. The smallest absolute Gasteiger partial charge is 0.340 e. The van der Waals surface area contributed by atoms with Crippen LogP contribution < -0.4 is 5.32 Å². The van der Waals surface area contributed by atoms with Crippen molar-refractivity contribution < 1.29 is 19.1 Å². The Balaban J connectivity index is 2.12. The number of esters is 1. The molecule has 2 N–H and O–H groups in total. The summed E-state index contributed by atoms with van der Waals surface area (Å²) in [4.78, 5) is 42.6. The Hall–Kier alpha value is -2.93. The molecule has 0 radical (unpaired) electrons. The van der Waals surface area contributed by atoms with Crippen molar-refractivity contribution in [2.45, 2.75) is 54.5 Å². The van der Waals surface area contributed by atoms with Gasteiger partial charge in [-0.3, -0.25) is 14.5 Å². The molecule has 0 aliphatic carbocycles. The number of benzene rings is 1. The summed E-state index contributed by atoms with van der Waals surface area (Å²) in [5.41, 5.74) is 5.87. The SMILES string of the molecule is CCOC(=O)c1c(C)[nH]c(C(=O)[C@@H](C)N(C)CC(=O)Nc2c(C)cc(C)cc2C)c1C. The van der Waals surface area contributed by atoms with Crippen LogP contribution in [0.1, 0.15) is 62.6 Å². The van der Waals surface area contributed by atoms with Crippen LogP contribution in [0.15, 0.2) is 12.1 Å². The van der Waals surface area contributed by atoms with E-state index in [1.165, 1.54) is 0 Å². The van der Waals surface area contributed by atoms with Gasteiger partial charge in [0, 0.05) is 11.4 Å². The quantitative estimate of drug-likeness (QED) is 0.493. The highest BCUT2D eigenvalue weighted by Crippen LogP contribution is 2.23. The second-order valence-corrected chi connectivity index (χ2v) is 8.12. The van der Waals surface area contributed by atoms with Gasteiger partial charge >= 0.3 is 5.97 Å². The highest BCUT2D eigenvalue weighted by molar-refractivity contribution is 6.04. The molecule has 7 nitrogen and oxygen atoms in total. The van der Waals surface area contributed by atoms with Gasteiger partial charge in [0.25, 0.3) is 0 Å². The fourth-order valence-corrected chi connectivity index (χ4v) is 3.83. The summed E-state index contributed by atoms with van der Waals surface area (Å²) < 4.78 is 5.09. The largest absolute Gasteiger partial charge is 0.462 e. The predicted octanol–water partition coefficient (Wildman–Crippen LogP) is 3.88. The van der Waals surface area contributed by atoms with Crippen LogP contribution in [0.3, 0.4) is 0 Å². The van der Waals surface area contributed by atoms with E-state index in [1.807, 2.05) is 32.9 Å². The maximum atomic E-state index is 13.1. The van der Waals surface area contributed by atoms with Crippen LogP contribution >= 0.6 is 0 Å². The highest BCUT2D eigenvalue weighted by atomic mass is 16.5. The van der Waals surface area contributed by atoms with Gasteiger partial charge in [0.1, 0.15) is 0 Å². The minimum Gasteiger partial charge on any atom is -0.462 e. The molecule has 0 fully saturated rings. The number of rotatable bonds is 8. The third-order valence-corrected chi connectivity index (χ3v) is 5.54. The molecular weight excluding hydrogens is 394 g/mol. The number of aromatic nitrogens is 1. The first-order valence-corrected chi connectivity index (χ1v) is 10.5. The normalized spacial score (nSPS) is 12.0. The van der Waals surface area contributed by atoms with E-state index < -0.39 is 12.0 Å². The summed E-state index contributed by atoms with van der Waals surface area (Å²) in [6.45, 7) is 13.2. The molecule has 2 rings (SSSR count). The molecule has 2 aromatic rings. The molecule has 1 heterocycles. The first-order chi connectivity index (χ1) is 14.5. The Morgan fingerprint density at radius 1 is 1.10 bits per heavy atom. The van der Waals surface area contributed by atoms with E-state index in [2.05, 4.69) is 10.3 Å². The van der Waals surface area contributed by atoms with Crippen LogP contribution in [0.2, 0.25) is 0 Å². The molecular formula is C24H33N3O4. The van der Waals surface area contributed by atoms with Crippen molar-refractivity contribution in [1.82, 2.24) is 9.88 Å². The van der Waals surface area contributed by atoms with Crippen LogP contribution in [0.5, 0.6) is 0 Å². The van der Waals surface area contributed by atoms with E-state index in [1.54, 1.807) is 39.6 Å². The third-order valence-electron chi connectivity index (χ3n) is 5.54. The number of nitrogens with zero attached hydrogens (tertiary/aromatic N) is 1. The number of nitrogens with one attached hydrogen (secondary N) is 2. The van der Waals surface area contributed by atoms with Gasteiger partial charge in [-0.2, -0.15) is 0 Å². The number of hydrogen-bond donors (Lipinski definition) is 2. The van der Waals surface area contributed by atoms with Gasteiger partial charge in [0.2, 0.25) is 5.91 Å². The van der Waals surface area contributed by atoms with E-state index in [0.717, 1.165) is 22.4 Å². The van der Waals surface area contributed by atoms with Crippen molar-refractivity contribution in [3.8, 4) is 0 Å². The standard InChI is InChI=1S/C24H33N3O4/c1-9-31-24(30)20-16(5)22(25-17(20)6)23(29)18(7)27(8)12-19(28)26-21-14(3)10-13(2)11-15(21)4/h10-11,18,25H,9,12H2,1-8H3,(H,26,28)/t18-/m1/s1. The van der Waals surface area contributed by atoms with Gasteiger partial charge in [0.05, 0.1) is 30.5 Å². The molecule has 1 aromatic carbocycles. The first-order valence-electron chi connectivity index (χ1n) is 10.5. The lowest BCUT2D eigenvalue weighted by Gasteiger charge is -2.23. The number of aromatic amines is 1. The van der Waals surface area contributed by atoms with E-state index in [-0.39, 0.29) is 24.8 Å². The Labute approximate surface area is 184 Å². The number of hydrogen-bond acceptors (Lipinski definition) is 5. The number of ether oxygens (including phenoxy) is 1. The van der Waals surface area contributed by atoms with Gasteiger partial charge in [-0.1, -0.05) is 17.7 Å². The van der Waals surface area contributed by atoms with E-state index in [9.17, 15) is 14.4 Å². The molecule has 1 aromatic heterocycles. The fraction of sp³-hybridized carbons (Fsp3) is 0.458. The van der Waals surface area contributed by atoms with Crippen molar-refractivity contribution in [2.75, 3.05) is 25.5 Å². The number of H-pyrrole nitrogens is 1. The summed E-state index contributed by atoms with van der Waals surface area (Å²) in [6.07, 6.45) is 0.